The first-order valence-corrected chi connectivity index (χ1v) is 8.28. The Kier molecular flexibility index (Phi) is 5.38. The van der Waals surface area contributed by atoms with Gasteiger partial charge in [-0.15, -0.1) is 0 Å². The van der Waals surface area contributed by atoms with Crippen LogP contribution in [0, 0.1) is 25.7 Å². The van der Waals surface area contributed by atoms with Gasteiger partial charge in [0.1, 0.15) is 5.75 Å². The molecular weight excluding hydrogens is 300 g/mol. The van der Waals surface area contributed by atoms with Crippen LogP contribution in [0.25, 0.3) is 0 Å². The molecule has 0 amide bonds. The number of halogens is 1. The topological polar surface area (TPSA) is 35.5 Å². The van der Waals surface area contributed by atoms with Crippen molar-refractivity contribution in [1.29, 1.82) is 0 Å². The lowest BCUT2D eigenvalue weighted by Gasteiger charge is -2.22. The summed E-state index contributed by atoms with van der Waals surface area (Å²) in [4.78, 5) is 11.6. The lowest BCUT2D eigenvalue weighted by atomic mass is 9.89. The van der Waals surface area contributed by atoms with E-state index < -0.39 is 0 Å². The van der Waals surface area contributed by atoms with Crippen molar-refractivity contribution < 1.29 is 14.3 Å². The van der Waals surface area contributed by atoms with E-state index in [1.807, 2.05) is 26.8 Å². The van der Waals surface area contributed by atoms with Crippen LogP contribution in [0.2, 0.25) is 5.02 Å². The fourth-order valence-corrected chi connectivity index (χ4v) is 3.59. The van der Waals surface area contributed by atoms with E-state index in [9.17, 15) is 4.79 Å². The third-order valence-electron chi connectivity index (χ3n) is 4.57. The van der Waals surface area contributed by atoms with Gasteiger partial charge < -0.3 is 9.47 Å². The van der Waals surface area contributed by atoms with E-state index in [0.717, 1.165) is 34.7 Å². The van der Waals surface area contributed by atoms with E-state index in [-0.39, 0.29) is 11.9 Å². The molecule has 22 heavy (non-hydrogen) atoms. The Labute approximate surface area is 137 Å². The molecule has 0 spiro atoms. The summed E-state index contributed by atoms with van der Waals surface area (Å²) < 4.78 is 10.7. The van der Waals surface area contributed by atoms with E-state index in [4.69, 9.17) is 21.1 Å². The van der Waals surface area contributed by atoms with Gasteiger partial charge in [-0.1, -0.05) is 18.5 Å². The molecule has 1 aromatic rings. The van der Waals surface area contributed by atoms with Crippen LogP contribution in [-0.4, -0.2) is 19.7 Å². The molecule has 1 saturated carbocycles. The van der Waals surface area contributed by atoms with Gasteiger partial charge in [0.2, 0.25) is 0 Å². The molecule has 2 rings (SSSR count). The zero-order chi connectivity index (χ0) is 16.4. The molecule has 0 aliphatic heterocycles. The SMILES string of the molecule is CCOc1c(C)cc(Cl)c(C)c1C(C)CC1CC1C(=O)OC. The normalized spacial score (nSPS) is 21.4. The van der Waals surface area contributed by atoms with Crippen LogP contribution in [0.4, 0.5) is 0 Å². The van der Waals surface area contributed by atoms with Crippen molar-refractivity contribution in [2.75, 3.05) is 13.7 Å². The van der Waals surface area contributed by atoms with Crippen molar-refractivity contribution in [3.05, 3.63) is 27.8 Å². The molecule has 3 atom stereocenters. The van der Waals surface area contributed by atoms with Crippen LogP contribution in [0.1, 0.15) is 49.3 Å². The molecule has 1 aliphatic rings. The molecule has 0 aromatic heterocycles. The van der Waals surface area contributed by atoms with Gasteiger partial charge in [-0.3, -0.25) is 4.79 Å². The minimum Gasteiger partial charge on any atom is -0.493 e. The zero-order valence-electron chi connectivity index (χ0n) is 14.0. The molecule has 0 radical (unpaired) electrons. The third-order valence-corrected chi connectivity index (χ3v) is 4.97. The lowest BCUT2D eigenvalue weighted by molar-refractivity contribution is -0.142. The van der Waals surface area contributed by atoms with Crippen molar-refractivity contribution in [1.82, 2.24) is 0 Å². The molecule has 1 aromatic carbocycles. The number of benzene rings is 1. The van der Waals surface area contributed by atoms with Gasteiger partial charge >= 0.3 is 5.97 Å². The molecule has 1 fully saturated rings. The van der Waals surface area contributed by atoms with Gasteiger partial charge in [-0.05, 0) is 62.6 Å². The maximum Gasteiger partial charge on any atom is 0.308 e. The number of hydrogen-bond donors (Lipinski definition) is 0. The van der Waals surface area contributed by atoms with Gasteiger partial charge in [0.25, 0.3) is 0 Å². The van der Waals surface area contributed by atoms with Crippen LogP contribution in [0.5, 0.6) is 5.75 Å². The van der Waals surface area contributed by atoms with Crippen LogP contribution in [-0.2, 0) is 9.53 Å². The average molecular weight is 325 g/mol. The predicted molar refractivity (Wildman–Crippen MR) is 88.7 cm³/mol. The number of esters is 1. The standard InChI is InChI=1S/C18H25ClO3/c1-6-22-17-11(3)8-15(19)12(4)16(17)10(2)7-13-9-14(13)18(20)21-5/h8,10,13-14H,6-7,9H2,1-5H3. The first-order chi connectivity index (χ1) is 10.4. The van der Waals surface area contributed by atoms with Gasteiger partial charge in [0.15, 0.2) is 0 Å². The number of carbonyl (C=O) groups is 1. The smallest absolute Gasteiger partial charge is 0.308 e. The number of carbonyl (C=O) groups excluding carboxylic acids is 1. The van der Waals surface area contributed by atoms with Crippen LogP contribution < -0.4 is 4.74 Å². The Bertz CT molecular complexity index is 568. The Morgan fingerprint density at radius 3 is 2.73 bits per heavy atom. The Morgan fingerprint density at radius 1 is 1.45 bits per heavy atom. The minimum absolute atomic E-state index is 0.0728. The third kappa shape index (κ3) is 3.40. The molecule has 4 heteroatoms. The Hall–Kier alpha value is -1.22. The molecule has 0 N–H and O–H groups in total. The first kappa shape index (κ1) is 17.1. The number of ether oxygens (including phenoxy) is 2. The maximum atomic E-state index is 11.6. The molecule has 3 nitrogen and oxygen atoms in total. The summed E-state index contributed by atoms with van der Waals surface area (Å²) in [6.07, 6.45) is 1.89. The van der Waals surface area contributed by atoms with Gasteiger partial charge in [0, 0.05) is 10.6 Å². The Balaban J connectivity index is 2.22. The predicted octanol–water partition coefficient (Wildman–Crippen LogP) is 4.66. The van der Waals surface area contributed by atoms with E-state index in [1.165, 1.54) is 12.7 Å². The second-order valence-electron chi connectivity index (χ2n) is 6.24. The van der Waals surface area contributed by atoms with Crippen molar-refractivity contribution in [3.63, 3.8) is 0 Å². The number of hydrogen-bond acceptors (Lipinski definition) is 3. The number of aryl methyl sites for hydroxylation is 1. The number of methoxy groups -OCH3 is 1. The molecular formula is C18H25ClO3. The summed E-state index contributed by atoms with van der Waals surface area (Å²) in [5, 5.41) is 0.781. The van der Waals surface area contributed by atoms with Gasteiger partial charge in [0.05, 0.1) is 19.6 Å². The van der Waals surface area contributed by atoms with Crippen molar-refractivity contribution in [2.45, 2.75) is 46.5 Å². The first-order valence-electron chi connectivity index (χ1n) is 7.90. The van der Waals surface area contributed by atoms with Crippen LogP contribution in [0.3, 0.4) is 0 Å². The summed E-state index contributed by atoms with van der Waals surface area (Å²) in [6.45, 7) is 8.89. The molecule has 3 unspecified atom stereocenters. The molecule has 0 saturated heterocycles. The quantitative estimate of drug-likeness (QED) is 0.714. The fourth-order valence-electron chi connectivity index (χ4n) is 3.32. The minimum atomic E-state index is -0.0822. The van der Waals surface area contributed by atoms with Gasteiger partial charge in [-0.25, -0.2) is 0 Å². The fraction of sp³-hybridized carbons (Fsp3) is 0.611. The van der Waals surface area contributed by atoms with Crippen molar-refractivity contribution in [3.8, 4) is 5.75 Å². The summed E-state index contributed by atoms with van der Waals surface area (Å²) in [6, 6.07) is 1.96. The molecule has 122 valence electrons. The second-order valence-corrected chi connectivity index (χ2v) is 6.65. The van der Waals surface area contributed by atoms with Crippen molar-refractivity contribution >= 4 is 17.6 Å². The second kappa shape index (κ2) is 6.91. The molecule has 0 heterocycles. The number of rotatable bonds is 6. The Morgan fingerprint density at radius 2 is 2.14 bits per heavy atom. The summed E-state index contributed by atoms with van der Waals surface area (Å²) >= 11 is 6.36. The largest absolute Gasteiger partial charge is 0.493 e. The summed E-state index contributed by atoms with van der Waals surface area (Å²) in [5.74, 6) is 1.66. The highest BCUT2D eigenvalue weighted by molar-refractivity contribution is 6.31. The highest BCUT2D eigenvalue weighted by atomic mass is 35.5. The van der Waals surface area contributed by atoms with E-state index in [2.05, 4.69) is 6.92 Å². The van der Waals surface area contributed by atoms with Gasteiger partial charge in [-0.2, -0.15) is 0 Å². The monoisotopic (exact) mass is 324 g/mol. The average Bonchev–Trinajstić information content (AvgIpc) is 3.23. The highest BCUT2D eigenvalue weighted by Gasteiger charge is 2.44. The maximum absolute atomic E-state index is 11.6. The molecule has 1 aliphatic carbocycles. The molecule has 0 bridgehead atoms. The van der Waals surface area contributed by atoms with E-state index in [0.29, 0.717) is 18.4 Å². The summed E-state index contributed by atoms with van der Waals surface area (Å²) in [5.41, 5.74) is 3.33. The van der Waals surface area contributed by atoms with E-state index in [1.54, 1.807) is 0 Å². The van der Waals surface area contributed by atoms with E-state index >= 15 is 0 Å². The lowest BCUT2D eigenvalue weighted by Crippen LogP contribution is -2.08. The zero-order valence-corrected chi connectivity index (χ0v) is 14.8. The summed E-state index contributed by atoms with van der Waals surface area (Å²) in [7, 11) is 1.46. The van der Waals surface area contributed by atoms with Crippen LogP contribution in [0.15, 0.2) is 6.07 Å². The highest BCUT2D eigenvalue weighted by Crippen LogP contribution is 2.48. The van der Waals surface area contributed by atoms with Crippen LogP contribution >= 0.6 is 11.6 Å². The van der Waals surface area contributed by atoms with Crippen molar-refractivity contribution in [2.24, 2.45) is 11.8 Å².